The van der Waals surface area contributed by atoms with Gasteiger partial charge in [-0.2, -0.15) is 5.10 Å². The number of aromatic nitrogens is 4. The SMILES string of the molecule is C[C@@H]1Cc2c(nn(C)c2C(=O)N2CC(c3nccc(=O)[nH]3)C2)[C@H](C)O1. The number of carbonyl (C=O) groups is 1. The van der Waals surface area contributed by atoms with Crippen LogP contribution in [0, 0.1) is 0 Å². The molecule has 4 rings (SSSR count). The molecule has 0 radical (unpaired) electrons. The summed E-state index contributed by atoms with van der Waals surface area (Å²) in [5, 5.41) is 4.50. The van der Waals surface area contributed by atoms with E-state index < -0.39 is 0 Å². The highest BCUT2D eigenvalue weighted by atomic mass is 16.5. The molecule has 1 N–H and O–H groups in total. The van der Waals surface area contributed by atoms with E-state index in [1.54, 1.807) is 16.6 Å². The molecule has 0 saturated carbocycles. The summed E-state index contributed by atoms with van der Waals surface area (Å²) in [5.74, 6) is 0.689. The lowest BCUT2D eigenvalue weighted by molar-refractivity contribution is -0.00717. The molecule has 2 aliphatic rings. The molecule has 2 aromatic heterocycles. The molecule has 0 aliphatic carbocycles. The third-order valence-corrected chi connectivity index (χ3v) is 4.94. The Morgan fingerprint density at radius 1 is 1.36 bits per heavy atom. The Bertz CT molecular complexity index is 881. The van der Waals surface area contributed by atoms with Crippen molar-refractivity contribution in [2.24, 2.45) is 7.05 Å². The molecule has 8 heteroatoms. The topological polar surface area (TPSA) is 93.1 Å². The Morgan fingerprint density at radius 2 is 2.12 bits per heavy atom. The molecule has 0 aromatic carbocycles. The van der Waals surface area contributed by atoms with E-state index in [0.29, 0.717) is 31.0 Å². The van der Waals surface area contributed by atoms with Crippen LogP contribution in [-0.2, 0) is 18.2 Å². The number of fused-ring (bicyclic) bond motifs is 1. The number of likely N-dealkylation sites (tertiary alicyclic amines) is 1. The first-order valence-electron chi connectivity index (χ1n) is 8.49. The number of amides is 1. The lowest BCUT2D eigenvalue weighted by atomic mass is 9.95. The van der Waals surface area contributed by atoms with Crippen LogP contribution in [-0.4, -0.2) is 49.7 Å². The first-order chi connectivity index (χ1) is 11.9. The second-order valence-corrected chi connectivity index (χ2v) is 6.86. The fourth-order valence-electron chi connectivity index (χ4n) is 3.69. The second-order valence-electron chi connectivity index (χ2n) is 6.86. The zero-order valence-corrected chi connectivity index (χ0v) is 14.5. The molecule has 2 aliphatic heterocycles. The number of hydrogen-bond acceptors (Lipinski definition) is 5. The van der Waals surface area contributed by atoms with Crippen molar-refractivity contribution in [2.75, 3.05) is 13.1 Å². The highest BCUT2D eigenvalue weighted by Gasteiger charge is 2.38. The van der Waals surface area contributed by atoms with Crippen molar-refractivity contribution in [3.05, 3.63) is 45.4 Å². The molecule has 1 fully saturated rings. The van der Waals surface area contributed by atoms with Gasteiger partial charge in [0.2, 0.25) is 0 Å². The first-order valence-corrected chi connectivity index (χ1v) is 8.49. The molecule has 0 unspecified atom stereocenters. The largest absolute Gasteiger partial charge is 0.369 e. The highest BCUT2D eigenvalue weighted by Crippen LogP contribution is 2.33. The second kappa shape index (κ2) is 5.80. The van der Waals surface area contributed by atoms with E-state index in [9.17, 15) is 9.59 Å². The van der Waals surface area contributed by atoms with Gasteiger partial charge in [0.05, 0.1) is 23.8 Å². The lowest BCUT2D eigenvalue weighted by Crippen LogP contribution is -2.50. The number of H-pyrrole nitrogens is 1. The maximum Gasteiger partial charge on any atom is 0.272 e. The van der Waals surface area contributed by atoms with Gasteiger partial charge in [-0.05, 0) is 13.8 Å². The van der Waals surface area contributed by atoms with Crippen LogP contribution in [0.4, 0.5) is 0 Å². The van der Waals surface area contributed by atoms with Crippen LogP contribution in [0.25, 0.3) is 0 Å². The third-order valence-electron chi connectivity index (χ3n) is 4.94. The standard InChI is InChI=1S/C17H21N5O3/c1-9-6-12-14(10(2)25-9)20-21(3)15(12)17(24)22-7-11(8-22)16-18-5-4-13(23)19-16/h4-5,9-11H,6-8H2,1-3H3,(H,18,19,23)/t9-,10+/m1/s1. The van der Waals surface area contributed by atoms with E-state index in [4.69, 9.17) is 4.74 Å². The van der Waals surface area contributed by atoms with Gasteiger partial charge in [0.15, 0.2) is 0 Å². The first kappa shape index (κ1) is 16.0. The van der Waals surface area contributed by atoms with Gasteiger partial charge in [-0.3, -0.25) is 14.3 Å². The molecule has 8 nitrogen and oxygen atoms in total. The van der Waals surface area contributed by atoms with E-state index in [1.807, 2.05) is 13.8 Å². The van der Waals surface area contributed by atoms with E-state index >= 15 is 0 Å². The number of hydrogen-bond donors (Lipinski definition) is 1. The number of aryl methyl sites for hydroxylation is 1. The van der Waals surface area contributed by atoms with E-state index in [1.165, 1.54) is 12.3 Å². The van der Waals surface area contributed by atoms with Crippen LogP contribution in [0.15, 0.2) is 17.1 Å². The summed E-state index contributed by atoms with van der Waals surface area (Å²) in [4.78, 5) is 33.1. The van der Waals surface area contributed by atoms with Crippen LogP contribution < -0.4 is 5.56 Å². The van der Waals surface area contributed by atoms with Crippen molar-refractivity contribution < 1.29 is 9.53 Å². The molecule has 0 spiro atoms. The predicted molar refractivity (Wildman–Crippen MR) is 89.4 cm³/mol. The number of nitrogens with zero attached hydrogens (tertiary/aromatic N) is 4. The molecule has 2 atom stereocenters. The van der Waals surface area contributed by atoms with Gasteiger partial charge in [0.25, 0.3) is 11.5 Å². The van der Waals surface area contributed by atoms with Gasteiger partial charge < -0.3 is 14.6 Å². The van der Waals surface area contributed by atoms with Crippen molar-refractivity contribution in [3.8, 4) is 0 Å². The molecular formula is C17H21N5O3. The Balaban J connectivity index is 1.55. The van der Waals surface area contributed by atoms with Gasteiger partial charge >= 0.3 is 0 Å². The Hall–Kier alpha value is -2.48. The number of carbonyl (C=O) groups excluding carboxylic acids is 1. The molecule has 2 aromatic rings. The average molecular weight is 343 g/mol. The van der Waals surface area contributed by atoms with Crippen molar-refractivity contribution in [1.82, 2.24) is 24.6 Å². The average Bonchev–Trinajstić information content (AvgIpc) is 2.82. The quantitative estimate of drug-likeness (QED) is 0.869. The van der Waals surface area contributed by atoms with Gasteiger partial charge in [-0.15, -0.1) is 0 Å². The van der Waals surface area contributed by atoms with Crippen LogP contribution in [0.2, 0.25) is 0 Å². The van der Waals surface area contributed by atoms with Gasteiger partial charge in [-0.25, -0.2) is 4.98 Å². The van der Waals surface area contributed by atoms with Crippen LogP contribution in [0.3, 0.4) is 0 Å². The summed E-state index contributed by atoms with van der Waals surface area (Å²) in [5.41, 5.74) is 2.33. The molecule has 25 heavy (non-hydrogen) atoms. The van der Waals surface area contributed by atoms with Gasteiger partial charge in [0, 0.05) is 44.4 Å². The van der Waals surface area contributed by atoms with Gasteiger partial charge in [-0.1, -0.05) is 0 Å². The summed E-state index contributed by atoms with van der Waals surface area (Å²) in [6.45, 7) is 5.07. The highest BCUT2D eigenvalue weighted by molar-refractivity contribution is 5.95. The molecule has 1 amide bonds. The van der Waals surface area contributed by atoms with Crippen molar-refractivity contribution in [3.63, 3.8) is 0 Å². The Kier molecular flexibility index (Phi) is 3.72. The van der Waals surface area contributed by atoms with E-state index in [-0.39, 0.29) is 29.6 Å². The summed E-state index contributed by atoms with van der Waals surface area (Å²) in [6.07, 6.45) is 2.16. The monoisotopic (exact) mass is 343 g/mol. The van der Waals surface area contributed by atoms with Crippen LogP contribution in [0.1, 0.15) is 53.4 Å². The van der Waals surface area contributed by atoms with Crippen LogP contribution >= 0.6 is 0 Å². The molecule has 0 bridgehead atoms. The summed E-state index contributed by atoms with van der Waals surface area (Å²) in [6, 6.07) is 1.39. The molecular weight excluding hydrogens is 322 g/mol. The summed E-state index contributed by atoms with van der Waals surface area (Å²) in [7, 11) is 1.80. The maximum absolute atomic E-state index is 13.0. The minimum absolute atomic E-state index is 0.0212. The van der Waals surface area contributed by atoms with E-state index in [2.05, 4.69) is 15.1 Å². The van der Waals surface area contributed by atoms with Crippen LogP contribution in [0.5, 0.6) is 0 Å². The van der Waals surface area contributed by atoms with Crippen molar-refractivity contribution in [1.29, 1.82) is 0 Å². The zero-order chi connectivity index (χ0) is 17.7. The third kappa shape index (κ3) is 2.66. The van der Waals surface area contributed by atoms with E-state index in [0.717, 1.165) is 11.3 Å². The maximum atomic E-state index is 13.0. The summed E-state index contributed by atoms with van der Waals surface area (Å²) < 4.78 is 7.47. The van der Waals surface area contributed by atoms with Crippen molar-refractivity contribution >= 4 is 5.91 Å². The number of aromatic amines is 1. The minimum atomic E-state index is -0.168. The number of ether oxygens (including phenoxy) is 1. The molecule has 1 saturated heterocycles. The normalized spacial score (nSPS) is 23.2. The minimum Gasteiger partial charge on any atom is -0.369 e. The molecule has 132 valence electrons. The van der Waals surface area contributed by atoms with Crippen molar-refractivity contribution in [2.45, 2.75) is 38.4 Å². The lowest BCUT2D eigenvalue weighted by Gasteiger charge is -2.38. The fraction of sp³-hybridized carbons (Fsp3) is 0.529. The van der Waals surface area contributed by atoms with Gasteiger partial charge in [0.1, 0.15) is 11.5 Å². The number of rotatable bonds is 2. The fourth-order valence-corrected chi connectivity index (χ4v) is 3.69. The summed E-state index contributed by atoms with van der Waals surface area (Å²) >= 11 is 0. The Morgan fingerprint density at radius 3 is 2.84 bits per heavy atom. The predicted octanol–water partition coefficient (Wildman–Crippen LogP) is 0.765. The molecule has 4 heterocycles. The Labute approximate surface area is 144 Å². The zero-order valence-electron chi connectivity index (χ0n) is 14.5. The smallest absolute Gasteiger partial charge is 0.272 e. The number of nitrogens with one attached hydrogen (secondary N) is 1.